The Kier molecular flexibility index (Phi) is 2.77. The largest absolute Gasteiger partial charge is 0.379 e. The van der Waals surface area contributed by atoms with Gasteiger partial charge in [-0.05, 0) is 67.9 Å². The first-order chi connectivity index (χ1) is 9.20. The maximum atomic E-state index is 14.0. The number of nitrogens with one attached hydrogen (secondary N) is 1. The summed E-state index contributed by atoms with van der Waals surface area (Å²) in [6, 6.07) is 5.70. The highest BCUT2D eigenvalue weighted by molar-refractivity contribution is 6.31. The number of hydrogen-bond acceptors (Lipinski definition) is 1. The zero-order chi connectivity index (χ0) is 13.0. The van der Waals surface area contributed by atoms with E-state index in [0.29, 0.717) is 11.7 Å². The first-order valence-electron chi connectivity index (χ1n) is 7.41. The first kappa shape index (κ1) is 12.0. The van der Waals surface area contributed by atoms with Crippen molar-refractivity contribution in [3.63, 3.8) is 0 Å². The van der Waals surface area contributed by atoms with Gasteiger partial charge in [-0.25, -0.2) is 4.39 Å². The predicted octanol–water partition coefficient (Wildman–Crippen LogP) is 4.72. The van der Waals surface area contributed by atoms with Crippen LogP contribution in [0.25, 0.3) is 0 Å². The van der Waals surface area contributed by atoms with Gasteiger partial charge < -0.3 is 5.32 Å². The van der Waals surface area contributed by atoms with Crippen LogP contribution in [0.2, 0.25) is 5.02 Å². The van der Waals surface area contributed by atoms with E-state index < -0.39 is 0 Å². The highest BCUT2D eigenvalue weighted by Gasteiger charge is 2.48. The highest BCUT2D eigenvalue weighted by Crippen LogP contribution is 2.54. The molecule has 4 fully saturated rings. The van der Waals surface area contributed by atoms with Crippen molar-refractivity contribution in [2.75, 3.05) is 5.32 Å². The molecule has 1 aromatic rings. The van der Waals surface area contributed by atoms with Crippen LogP contribution in [0, 0.1) is 29.5 Å². The molecule has 0 aliphatic heterocycles. The van der Waals surface area contributed by atoms with Gasteiger partial charge in [-0.2, -0.15) is 0 Å². The zero-order valence-corrected chi connectivity index (χ0v) is 11.7. The van der Waals surface area contributed by atoms with E-state index in [1.807, 2.05) is 12.1 Å². The Bertz CT molecular complexity index is 474. The summed E-state index contributed by atoms with van der Waals surface area (Å²) in [4.78, 5) is 0. The second kappa shape index (κ2) is 4.37. The summed E-state index contributed by atoms with van der Waals surface area (Å²) in [5.74, 6) is 3.09. The van der Waals surface area contributed by atoms with Gasteiger partial charge in [0.05, 0.1) is 10.7 Å². The second-order valence-corrected chi connectivity index (χ2v) is 7.11. The summed E-state index contributed by atoms with van der Waals surface area (Å²) in [7, 11) is 0. The molecule has 19 heavy (non-hydrogen) atoms. The lowest BCUT2D eigenvalue weighted by Gasteiger charge is -2.54. The number of halogens is 2. The van der Waals surface area contributed by atoms with E-state index in [1.54, 1.807) is 6.07 Å². The van der Waals surface area contributed by atoms with E-state index in [0.717, 1.165) is 23.7 Å². The van der Waals surface area contributed by atoms with Crippen LogP contribution in [0.3, 0.4) is 0 Å². The Hall–Kier alpha value is -0.760. The summed E-state index contributed by atoms with van der Waals surface area (Å²) < 4.78 is 14.0. The zero-order valence-electron chi connectivity index (χ0n) is 10.9. The summed E-state index contributed by atoms with van der Waals surface area (Å²) in [5, 5.41) is 3.69. The Morgan fingerprint density at radius 1 is 1.00 bits per heavy atom. The Labute approximate surface area is 118 Å². The molecule has 4 aliphatic rings. The number of benzene rings is 1. The van der Waals surface area contributed by atoms with Gasteiger partial charge in [0.25, 0.3) is 0 Å². The summed E-state index contributed by atoms with van der Waals surface area (Å²) in [6.07, 6.45) is 6.81. The van der Waals surface area contributed by atoms with E-state index in [9.17, 15) is 4.39 Å². The van der Waals surface area contributed by atoms with Crippen molar-refractivity contribution < 1.29 is 4.39 Å². The van der Waals surface area contributed by atoms with Crippen LogP contribution in [0.15, 0.2) is 18.2 Å². The molecule has 0 unspecified atom stereocenters. The van der Waals surface area contributed by atoms with Crippen LogP contribution in [-0.4, -0.2) is 6.04 Å². The van der Waals surface area contributed by atoms with Crippen LogP contribution in [0.1, 0.15) is 32.1 Å². The molecule has 1 aromatic carbocycles. The van der Waals surface area contributed by atoms with Gasteiger partial charge in [-0.15, -0.1) is 0 Å². The maximum Gasteiger partial charge on any atom is 0.164 e. The highest BCUT2D eigenvalue weighted by atomic mass is 35.5. The smallest absolute Gasteiger partial charge is 0.164 e. The lowest BCUT2D eigenvalue weighted by Crippen LogP contribution is -2.51. The lowest BCUT2D eigenvalue weighted by atomic mass is 9.54. The normalized spacial score (nSPS) is 39.6. The quantitative estimate of drug-likeness (QED) is 0.826. The molecule has 0 atom stereocenters. The first-order valence-corrected chi connectivity index (χ1v) is 7.79. The standard InChI is InChI=1S/C16H19ClFN/c17-13-2-1-3-14(15(13)18)19-16-11-5-9-4-10(7-11)8-12(16)6-9/h1-3,9-12,16,19H,4-8H2. The SMILES string of the molecule is Fc1c(Cl)cccc1NC1C2CC3CC(C2)CC1C3. The van der Waals surface area contributed by atoms with E-state index in [2.05, 4.69) is 5.32 Å². The number of rotatable bonds is 2. The van der Waals surface area contributed by atoms with E-state index in [1.165, 1.54) is 32.1 Å². The third-order valence-electron chi connectivity index (χ3n) is 5.50. The molecule has 0 aromatic heterocycles. The van der Waals surface area contributed by atoms with Crippen molar-refractivity contribution in [3.8, 4) is 0 Å². The van der Waals surface area contributed by atoms with Gasteiger partial charge in [0, 0.05) is 6.04 Å². The summed E-state index contributed by atoms with van der Waals surface area (Å²) >= 11 is 5.87. The minimum atomic E-state index is -0.294. The molecule has 4 aliphatic carbocycles. The molecule has 102 valence electrons. The van der Waals surface area contributed by atoms with E-state index in [-0.39, 0.29) is 10.8 Å². The molecule has 0 heterocycles. The maximum absolute atomic E-state index is 14.0. The molecule has 4 saturated carbocycles. The Morgan fingerprint density at radius 2 is 1.63 bits per heavy atom. The molecule has 1 nitrogen and oxygen atoms in total. The average molecular weight is 280 g/mol. The van der Waals surface area contributed by atoms with Crippen molar-refractivity contribution in [3.05, 3.63) is 29.0 Å². The molecule has 4 bridgehead atoms. The fourth-order valence-electron chi connectivity index (χ4n) is 4.96. The molecule has 0 spiro atoms. The lowest BCUT2D eigenvalue weighted by molar-refractivity contribution is 0.00744. The van der Waals surface area contributed by atoms with Gasteiger partial charge in [-0.3, -0.25) is 0 Å². The summed E-state index contributed by atoms with van der Waals surface area (Å²) in [6.45, 7) is 0. The third-order valence-corrected chi connectivity index (χ3v) is 5.79. The minimum absolute atomic E-state index is 0.216. The van der Waals surface area contributed by atoms with E-state index in [4.69, 9.17) is 11.6 Å². The summed E-state index contributed by atoms with van der Waals surface area (Å²) in [5.41, 5.74) is 0.588. The van der Waals surface area contributed by atoms with Crippen LogP contribution in [-0.2, 0) is 0 Å². The molecule has 3 heteroatoms. The van der Waals surface area contributed by atoms with Crippen LogP contribution >= 0.6 is 11.6 Å². The number of anilines is 1. The molecular formula is C16H19ClFN. The van der Waals surface area contributed by atoms with Crippen molar-refractivity contribution in [2.24, 2.45) is 23.7 Å². The average Bonchev–Trinajstić information content (AvgIpc) is 2.38. The van der Waals surface area contributed by atoms with Gasteiger partial charge in [0.1, 0.15) is 0 Å². The van der Waals surface area contributed by atoms with Gasteiger partial charge in [0.2, 0.25) is 0 Å². The fraction of sp³-hybridized carbons (Fsp3) is 0.625. The molecule has 0 saturated heterocycles. The van der Waals surface area contributed by atoms with Crippen molar-refractivity contribution >= 4 is 17.3 Å². The number of hydrogen-bond donors (Lipinski definition) is 1. The van der Waals surface area contributed by atoms with Crippen molar-refractivity contribution in [2.45, 2.75) is 38.1 Å². The predicted molar refractivity (Wildman–Crippen MR) is 75.9 cm³/mol. The Balaban J connectivity index is 1.58. The second-order valence-electron chi connectivity index (χ2n) is 6.70. The van der Waals surface area contributed by atoms with Gasteiger partial charge in [0.15, 0.2) is 5.82 Å². The monoisotopic (exact) mass is 279 g/mol. The Morgan fingerprint density at radius 3 is 2.26 bits per heavy atom. The minimum Gasteiger partial charge on any atom is -0.379 e. The molecule has 1 N–H and O–H groups in total. The third kappa shape index (κ3) is 1.96. The van der Waals surface area contributed by atoms with Crippen LogP contribution in [0.4, 0.5) is 10.1 Å². The van der Waals surface area contributed by atoms with Gasteiger partial charge >= 0.3 is 0 Å². The molecule has 5 rings (SSSR count). The van der Waals surface area contributed by atoms with Crippen LogP contribution in [0.5, 0.6) is 0 Å². The van der Waals surface area contributed by atoms with E-state index >= 15 is 0 Å². The van der Waals surface area contributed by atoms with Crippen molar-refractivity contribution in [1.29, 1.82) is 0 Å². The topological polar surface area (TPSA) is 12.0 Å². The molecule has 0 radical (unpaired) electrons. The fourth-order valence-corrected chi connectivity index (χ4v) is 5.13. The van der Waals surface area contributed by atoms with Gasteiger partial charge in [-0.1, -0.05) is 17.7 Å². The van der Waals surface area contributed by atoms with Crippen LogP contribution < -0.4 is 5.32 Å². The van der Waals surface area contributed by atoms with Crippen molar-refractivity contribution in [1.82, 2.24) is 0 Å². The molecule has 0 amide bonds. The molecular weight excluding hydrogens is 261 g/mol.